The molecular formula is C27H29N7O2. The van der Waals surface area contributed by atoms with Crippen molar-refractivity contribution < 1.29 is 10.2 Å². The third-order valence-corrected chi connectivity index (χ3v) is 7.45. The summed E-state index contributed by atoms with van der Waals surface area (Å²) in [5.74, 6) is 4.31. The fourth-order valence-corrected chi connectivity index (χ4v) is 5.66. The van der Waals surface area contributed by atoms with Gasteiger partial charge in [-0.25, -0.2) is 9.97 Å². The number of aliphatic hydroxyl groups excluding tert-OH is 2. The Morgan fingerprint density at radius 2 is 1.94 bits per heavy atom. The first kappa shape index (κ1) is 22.9. The minimum absolute atomic E-state index is 0.0626. The smallest absolute Gasteiger partial charge is 0.230 e. The zero-order valence-corrected chi connectivity index (χ0v) is 20.0. The average molecular weight is 484 g/mol. The van der Waals surface area contributed by atoms with Crippen molar-refractivity contribution in [2.24, 2.45) is 5.92 Å². The number of terminal acetylenes is 1. The maximum Gasteiger partial charge on any atom is 0.230 e. The lowest BCUT2D eigenvalue weighted by Gasteiger charge is -2.31. The molecule has 9 nitrogen and oxygen atoms in total. The molecule has 0 radical (unpaired) electrons. The van der Waals surface area contributed by atoms with Gasteiger partial charge < -0.3 is 20.1 Å². The first-order valence-corrected chi connectivity index (χ1v) is 12.5. The van der Waals surface area contributed by atoms with Crippen molar-refractivity contribution in [3.05, 3.63) is 48.0 Å². The third-order valence-electron chi connectivity index (χ3n) is 7.45. The van der Waals surface area contributed by atoms with E-state index in [0.29, 0.717) is 49.1 Å². The molecule has 4 aromatic rings. The lowest BCUT2D eigenvalue weighted by molar-refractivity contribution is 0.0771. The number of β-amino-alcohol motifs (C(OH)–C–C–N with tert-alkyl or cyclic N) is 2. The molecule has 9 heteroatoms. The van der Waals surface area contributed by atoms with Crippen LogP contribution in [-0.2, 0) is 6.54 Å². The van der Waals surface area contributed by atoms with Gasteiger partial charge in [0.2, 0.25) is 5.95 Å². The highest BCUT2D eigenvalue weighted by Crippen LogP contribution is 2.38. The molecule has 5 heterocycles. The van der Waals surface area contributed by atoms with E-state index in [1.165, 1.54) is 0 Å². The first-order valence-electron chi connectivity index (χ1n) is 12.5. The number of rotatable bonds is 5. The minimum Gasteiger partial charge on any atom is -0.395 e. The highest BCUT2D eigenvalue weighted by atomic mass is 16.3. The molecule has 0 saturated heterocycles. The lowest BCUT2D eigenvalue weighted by Crippen LogP contribution is -2.36. The quantitative estimate of drug-likeness (QED) is 0.371. The molecular weight excluding hydrogens is 454 g/mol. The molecule has 1 saturated carbocycles. The van der Waals surface area contributed by atoms with Crippen LogP contribution in [0.2, 0.25) is 0 Å². The summed E-state index contributed by atoms with van der Waals surface area (Å²) in [7, 11) is 0. The zero-order valence-electron chi connectivity index (χ0n) is 20.0. The van der Waals surface area contributed by atoms with Crippen molar-refractivity contribution in [2.75, 3.05) is 25.0 Å². The largest absolute Gasteiger partial charge is 0.395 e. The van der Waals surface area contributed by atoms with Crippen LogP contribution in [0.4, 0.5) is 11.8 Å². The van der Waals surface area contributed by atoms with Crippen molar-refractivity contribution >= 4 is 33.7 Å². The van der Waals surface area contributed by atoms with Crippen molar-refractivity contribution in [1.82, 2.24) is 29.4 Å². The molecule has 0 amide bonds. The Balaban J connectivity index is 1.34. The maximum absolute atomic E-state index is 10.6. The van der Waals surface area contributed by atoms with Crippen LogP contribution in [0.3, 0.4) is 0 Å². The summed E-state index contributed by atoms with van der Waals surface area (Å²) < 4.78 is 2.30. The van der Waals surface area contributed by atoms with Crippen molar-refractivity contribution in [3.8, 4) is 12.3 Å². The number of fused-ring (bicyclic) bond motifs is 4. The molecule has 3 N–H and O–H groups in total. The number of hydrogen-bond donors (Lipinski definition) is 3. The maximum atomic E-state index is 10.6. The monoisotopic (exact) mass is 483 g/mol. The molecule has 1 atom stereocenters. The van der Waals surface area contributed by atoms with Crippen LogP contribution in [0.25, 0.3) is 21.9 Å². The third kappa shape index (κ3) is 4.07. The number of hydrogen-bond acceptors (Lipinski definition) is 8. The fraction of sp³-hybridized carbons (Fsp3) is 0.407. The first-order chi connectivity index (χ1) is 17.6. The Morgan fingerprint density at radius 3 is 2.75 bits per heavy atom. The van der Waals surface area contributed by atoms with Gasteiger partial charge in [-0.1, -0.05) is 6.07 Å². The van der Waals surface area contributed by atoms with Crippen LogP contribution in [0.5, 0.6) is 0 Å². The van der Waals surface area contributed by atoms with Crippen LogP contribution < -0.4 is 5.32 Å². The van der Waals surface area contributed by atoms with E-state index in [9.17, 15) is 10.2 Å². The molecule has 1 fully saturated rings. The highest BCUT2D eigenvalue weighted by molar-refractivity contribution is 6.06. The molecule has 184 valence electrons. The molecule has 6 rings (SSSR count). The van der Waals surface area contributed by atoms with Crippen molar-refractivity contribution in [2.45, 2.75) is 44.4 Å². The molecule has 0 aromatic carbocycles. The van der Waals surface area contributed by atoms with Gasteiger partial charge in [-0.2, -0.15) is 4.98 Å². The van der Waals surface area contributed by atoms with Gasteiger partial charge in [-0.05, 0) is 43.4 Å². The Bertz CT molecular complexity index is 1450. The van der Waals surface area contributed by atoms with Gasteiger partial charge in [-0.3, -0.25) is 9.88 Å². The van der Waals surface area contributed by atoms with Gasteiger partial charge in [0.15, 0.2) is 0 Å². The molecule has 0 spiro atoms. The molecule has 2 aliphatic rings. The summed E-state index contributed by atoms with van der Waals surface area (Å²) in [4.78, 5) is 20.6. The van der Waals surface area contributed by atoms with E-state index >= 15 is 0 Å². The van der Waals surface area contributed by atoms with Crippen LogP contribution in [-0.4, -0.2) is 59.3 Å². The summed E-state index contributed by atoms with van der Waals surface area (Å²) in [6, 6.07) is 6.16. The highest BCUT2D eigenvalue weighted by Gasteiger charge is 2.27. The SMILES string of the molecule is C#CC1CCC(n2c3cnccc3c3cnc(Nc4ccc5c(n4)[C@@H](O)CN(CCO)C5)nc32)CC1. The normalized spacial score (nSPS) is 22.4. The van der Waals surface area contributed by atoms with E-state index in [2.05, 4.69) is 30.8 Å². The molecule has 36 heavy (non-hydrogen) atoms. The number of pyridine rings is 2. The van der Waals surface area contributed by atoms with Gasteiger partial charge in [0.05, 0.1) is 24.0 Å². The number of nitrogens with one attached hydrogen (secondary N) is 1. The van der Waals surface area contributed by atoms with E-state index in [-0.39, 0.29) is 6.61 Å². The Morgan fingerprint density at radius 1 is 1.08 bits per heavy atom. The molecule has 1 aliphatic heterocycles. The Hall–Kier alpha value is -3.58. The van der Waals surface area contributed by atoms with Gasteiger partial charge in [0.25, 0.3) is 0 Å². The van der Waals surface area contributed by atoms with Gasteiger partial charge in [0, 0.05) is 54.8 Å². The zero-order chi connectivity index (χ0) is 24.6. The topological polar surface area (TPSA) is 112 Å². The number of nitrogens with zero attached hydrogens (tertiary/aromatic N) is 6. The fourth-order valence-electron chi connectivity index (χ4n) is 5.66. The summed E-state index contributed by atoms with van der Waals surface area (Å²) in [5, 5.41) is 25.2. The van der Waals surface area contributed by atoms with Crippen LogP contribution in [0.15, 0.2) is 36.8 Å². The van der Waals surface area contributed by atoms with Crippen LogP contribution in [0, 0.1) is 18.3 Å². The van der Waals surface area contributed by atoms with Gasteiger partial charge in [0.1, 0.15) is 17.6 Å². The molecule has 1 aliphatic carbocycles. The minimum atomic E-state index is -0.710. The number of aliphatic hydroxyl groups is 2. The summed E-state index contributed by atoms with van der Waals surface area (Å²) in [5.41, 5.74) is 3.54. The summed E-state index contributed by atoms with van der Waals surface area (Å²) in [6.07, 6.45) is 14.6. The molecule has 4 aromatic heterocycles. The molecule has 0 bridgehead atoms. The number of aromatic nitrogens is 5. The van der Waals surface area contributed by atoms with Crippen LogP contribution >= 0.6 is 0 Å². The van der Waals surface area contributed by atoms with E-state index in [0.717, 1.165) is 53.2 Å². The lowest BCUT2D eigenvalue weighted by atomic mass is 9.86. The second-order valence-corrected chi connectivity index (χ2v) is 9.71. The second-order valence-electron chi connectivity index (χ2n) is 9.71. The van der Waals surface area contributed by atoms with Gasteiger partial charge in [-0.15, -0.1) is 12.3 Å². The number of anilines is 2. The summed E-state index contributed by atoms with van der Waals surface area (Å²) >= 11 is 0. The van der Waals surface area contributed by atoms with E-state index in [4.69, 9.17) is 11.4 Å². The molecule has 0 unspecified atom stereocenters. The van der Waals surface area contributed by atoms with E-state index in [1.807, 2.05) is 35.5 Å². The van der Waals surface area contributed by atoms with Crippen LogP contribution in [0.1, 0.15) is 49.1 Å². The van der Waals surface area contributed by atoms with E-state index < -0.39 is 6.10 Å². The average Bonchev–Trinajstić information content (AvgIpc) is 3.23. The Labute approximate surface area is 209 Å². The second kappa shape index (κ2) is 9.47. The van der Waals surface area contributed by atoms with E-state index in [1.54, 1.807) is 6.20 Å². The summed E-state index contributed by atoms with van der Waals surface area (Å²) in [6.45, 7) is 1.69. The van der Waals surface area contributed by atoms with Gasteiger partial charge >= 0.3 is 0 Å². The predicted octanol–water partition coefficient (Wildman–Crippen LogP) is 3.32. The predicted molar refractivity (Wildman–Crippen MR) is 137 cm³/mol. The standard InChI is InChI=1S/C27H29N7O2/c1-2-17-3-6-19(7-4-17)34-22-14-28-10-9-20(22)21-13-29-27(32-26(21)34)31-24-8-5-18-15-33(11-12-35)16-23(36)25(18)30-24/h1,5,8-10,13-14,17,19,23,35-36H,3-4,6-7,11-12,15-16H2,(H,29,30,31,32)/t17?,19?,23-/m0/s1. The van der Waals surface area contributed by atoms with Crippen molar-refractivity contribution in [1.29, 1.82) is 0 Å². The van der Waals surface area contributed by atoms with Crippen molar-refractivity contribution in [3.63, 3.8) is 0 Å². The Kier molecular flexibility index (Phi) is 6.01.